The number of nitrogens with zero attached hydrogens (tertiary/aromatic N) is 1. The maximum absolute atomic E-state index is 12.7. The molecule has 0 unspecified atom stereocenters. The highest BCUT2D eigenvalue weighted by Crippen LogP contribution is 2.27. The third-order valence-corrected chi connectivity index (χ3v) is 5.47. The van der Waals surface area contributed by atoms with E-state index in [2.05, 4.69) is 21.3 Å². The fourth-order valence-electron chi connectivity index (χ4n) is 3.10. The third kappa shape index (κ3) is 4.17. The summed E-state index contributed by atoms with van der Waals surface area (Å²) >= 11 is 1.72. The number of amides is 1. The van der Waals surface area contributed by atoms with Crippen LogP contribution >= 0.6 is 11.3 Å². The van der Waals surface area contributed by atoms with E-state index < -0.39 is 0 Å². The number of thiophene rings is 1. The van der Waals surface area contributed by atoms with Gasteiger partial charge in [0.2, 0.25) is 0 Å². The topological polar surface area (TPSA) is 52.5 Å². The van der Waals surface area contributed by atoms with Crippen LogP contribution in [0, 0.1) is 13.8 Å². The molecule has 5 nitrogen and oxygen atoms in total. The van der Waals surface area contributed by atoms with E-state index in [9.17, 15) is 4.79 Å². The lowest BCUT2D eigenvalue weighted by atomic mass is 10.2. The highest BCUT2D eigenvalue weighted by Gasteiger charge is 2.16. The smallest absolute Gasteiger partial charge is 0.253 e. The quantitative estimate of drug-likeness (QED) is 0.665. The number of rotatable bonds is 7. The Hall–Kier alpha value is -2.73. The van der Waals surface area contributed by atoms with Crippen molar-refractivity contribution < 1.29 is 14.3 Å². The van der Waals surface area contributed by atoms with Crippen LogP contribution < -0.4 is 14.8 Å². The molecule has 0 aliphatic heterocycles. The summed E-state index contributed by atoms with van der Waals surface area (Å²) in [5.74, 6) is 1.25. The number of nitrogens with one attached hydrogen (secondary N) is 1. The number of aryl methyl sites for hydroxylation is 1. The van der Waals surface area contributed by atoms with Gasteiger partial charge in [0, 0.05) is 22.8 Å². The van der Waals surface area contributed by atoms with Gasteiger partial charge in [0.1, 0.15) is 0 Å². The van der Waals surface area contributed by atoms with Crippen LogP contribution in [-0.4, -0.2) is 24.7 Å². The molecule has 0 atom stereocenters. The Labute approximate surface area is 163 Å². The van der Waals surface area contributed by atoms with Gasteiger partial charge in [-0.2, -0.15) is 0 Å². The highest BCUT2D eigenvalue weighted by atomic mass is 32.1. The lowest BCUT2D eigenvalue weighted by Gasteiger charge is -2.11. The maximum Gasteiger partial charge on any atom is 0.253 e. The van der Waals surface area contributed by atoms with Crippen molar-refractivity contribution in [2.45, 2.75) is 26.9 Å². The van der Waals surface area contributed by atoms with Crippen LogP contribution in [0.4, 0.5) is 0 Å². The van der Waals surface area contributed by atoms with Gasteiger partial charge in [-0.15, -0.1) is 11.3 Å². The van der Waals surface area contributed by atoms with Gasteiger partial charge >= 0.3 is 0 Å². The van der Waals surface area contributed by atoms with E-state index in [1.807, 2.05) is 44.2 Å². The van der Waals surface area contributed by atoms with Crippen LogP contribution in [0.5, 0.6) is 11.5 Å². The normalized spacial score (nSPS) is 10.7. The predicted octanol–water partition coefficient (Wildman–Crippen LogP) is 4.16. The molecule has 0 spiro atoms. The molecule has 0 radical (unpaired) electrons. The summed E-state index contributed by atoms with van der Waals surface area (Å²) in [6, 6.07) is 11.7. The Bertz CT molecular complexity index is 929. The predicted molar refractivity (Wildman–Crippen MR) is 108 cm³/mol. The Morgan fingerprint density at radius 2 is 1.89 bits per heavy atom. The third-order valence-electron chi connectivity index (χ3n) is 4.61. The van der Waals surface area contributed by atoms with E-state index in [-0.39, 0.29) is 5.91 Å². The van der Waals surface area contributed by atoms with Crippen molar-refractivity contribution in [1.82, 2.24) is 9.88 Å². The summed E-state index contributed by atoms with van der Waals surface area (Å²) in [5.41, 5.74) is 3.72. The van der Waals surface area contributed by atoms with Crippen molar-refractivity contribution in [3.05, 3.63) is 69.2 Å². The van der Waals surface area contributed by atoms with Gasteiger partial charge < -0.3 is 19.4 Å². The van der Waals surface area contributed by atoms with E-state index in [0.29, 0.717) is 23.6 Å². The zero-order valence-electron chi connectivity index (χ0n) is 16.0. The number of benzene rings is 1. The first-order chi connectivity index (χ1) is 13.0. The van der Waals surface area contributed by atoms with Gasteiger partial charge in [0.25, 0.3) is 5.91 Å². The van der Waals surface area contributed by atoms with Crippen LogP contribution in [0.15, 0.2) is 41.8 Å². The zero-order chi connectivity index (χ0) is 19.4. The van der Waals surface area contributed by atoms with E-state index in [0.717, 1.165) is 23.5 Å². The summed E-state index contributed by atoms with van der Waals surface area (Å²) in [6.07, 6.45) is 0. The molecule has 1 aromatic carbocycles. The molecule has 142 valence electrons. The maximum atomic E-state index is 12.7. The van der Waals surface area contributed by atoms with E-state index >= 15 is 0 Å². The minimum absolute atomic E-state index is 0.0738. The number of aromatic nitrogens is 1. The fourth-order valence-corrected chi connectivity index (χ4v) is 3.79. The van der Waals surface area contributed by atoms with Crippen molar-refractivity contribution in [3.8, 4) is 11.5 Å². The Kier molecular flexibility index (Phi) is 5.86. The largest absolute Gasteiger partial charge is 0.493 e. The lowest BCUT2D eigenvalue weighted by Crippen LogP contribution is -2.23. The Morgan fingerprint density at radius 1 is 1.11 bits per heavy atom. The van der Waals surface area contributed by atoms with Gasteiger partial charge in [0.15, 0.2) is 11.5 Å². The second kappa shape index (κ2) is 8.31. The molecule has 0 saturated carbocycles. The zero-order valence-corrected chi connectivity index (χ0v) is 16.9. The second-order valence-corrected chi connectivity index (χ2v) is 7.35. The molecular weight excluding hydrogens is 360 g/mol. The standard InChI is InChI=1S/C21H24N2O3S/c1-14-10-18(15(2)23(14)13-17-6-5-9-27-17)21(24)22-12-16-7-8-19(25-3)20(11-16)26-4/h5-11H,12-13H2,1-4H3,(H,22,24). The molecule has 6 heteroatoms. The lowest BCUT2D eigenvalue weighted by molar-refractivity contribution is 0.0950. The Balaban J connectivity index is 1.71. The first-order valence-corrected chi connectivity index (χ1v) is 9.59. The van der Waals surface area contributed by atoms with Crippen LogP contribution in [-0.2, 0) is 13.1 Å². The Morgan fingerprint density at radius 3 is 2.56 bits per heavy atom. The molecule has 0 aliphatic rings. The summed E-state index contributed by atoms with van der Waals surface area (Å²) in [4.78, 5) is 14.0. The summed E-state index contributed by atoms with van der Waals surface area (Å²) < 4.78 is 12.7. The molecule has 0 bridgehead atoms. The van der Waals surface area contributed by atoms with Crippen molar-refractivity contribution >= 4 is 17.2 Å². The molecule has 1 N–H and O–H groups in total. The van der Waals surface area contributed by atoms with E-state index in [1.54, 1.807) is 25.6 Å². The monoisotopic (exact) mass is 384 g/mol. The molecule has 1 amide bonds. The molecule has 3 aromatic rings. The second-order valence-electron chi connectivity index (χ2n) is 6.32. The van der Waals surface area contributed by atoms with Crippen molar-refractivity contribution in [3.63, 3.8) is 0 Å². The molecule has 2 aromatic heterocycles. The van der Waals surface area contributed by atoms with Crippen LogP contribution in [0.2, 0.25) is 0 Å². The summed E-state index contributed by atoms with van der Waals surface area (Å²) in [5, 5.41) is 5.07. The highest BCUT2D eigenvalue weighted by molar-refractivity contribution is 7.09. The van der Waals surface area contributed by atoms with Crippen molar-refractivity contribution in [2.24, 2.45) is 0 Å². The van der Waals surface area contributed by atoms with E-state index in [1.165, 1.54) is 4.88 Å². The van der Waals surface area contributed by atoms with Gasteiger partial charge in [0.05, 0.1) is 26.3 Å². The first-order valence-electron chi connectivity index (χ1n) is 8.71. The summed E-state index contributed by atoms with van der Waals surface area (Å²) in [6.45, 7) is 5.24. The van der Waals surface area contributed by atoms with Gasteiger partial charge in [-0.05, 0) is 49.1 Å². The molecule has 0 fully saturated rings. The SMILES string of the molecule is COc1ccc(CNC(=O)c2cc(C)n(Cc3cccs3)c2C)cc1OC. The first kappa shape index (κ1) is 19.0. The molecule has 2 heterocycles. The van der Waals surface area contributed by atoms with Gasteiger partial charge in [-0.3, -0.25) is 4.79 Å². The van der Waals surface area contributed by atoms with Gasteiger partial charge in [-0.25, -0.2) is 0 Å². The van der Waals surface area contributed by atoms with Gasteiger partial charge in [-0.1, -0.05) is 12.1 Å². The average molecular weight is 385 g/mol. The van der Waals surface area contributed by atoms with Crippen molar-refractivity contribution in [2.75, 3.05) is 14.2 Å². The number of carbonyl (C=O) groups excluding carboxylic acids is 1. The average Bonchev–Trinajstić information content (AvgIpc) is 3.29. The number of methoxy groups -OCH3 is 2. The van der Waals surface area contributed by atoms with Crippen LogP contribution in [0.1, 0.15) is 32.2 Å². The molecule has 0 aliphatic carbocycles. The summed E-state index contributed by atoms with van der Waals surface area (Å²) in [7, 11) is 3.20. The molecule has 3 rings (SSSR count). The fraction of sp³-hybridized carbons (Fsp3) is 0.286. The van der Waals surface area contributed by atoms with Crippen molar-refractivity contribution in [1.29, 1.82) is 0 Å². The molecule has 27 heavy (non-hydrogen) atoms. The number of hydrogen-bond donors (Lipinski definition) is 1. The molecule has 0 saturated heterocycles. The minimum Gasteiger partial charge on any atom is -0.493 e. The molecular formula is C21H24N2O3S. The van der Waals surface area contributed by atoms with Crippen LogP contribution in [0.25, 0.3) is 0 Å². The number of hydrogen-bond acceptors (Lipinski definition) is 4. The number of carbonyl (C=O) groups is 1. The number of ether oxygens (including phenoxy) is 2. The minimum atomic E-state index is -0.0738. The van der Waals surface area contributed by atoms with Crippen LogP contribution in [0.3, 0.4) is 0 Å². The van der Waals surface area contributed by atoms with E-state index in [4.69, 9.17) is 9.47 Å².